The normalized spacial score (nSPS) is 13.1. The molecular weight excluding hydrogens is 212 g/mol. The van der Waals surface area contributed by atoms with Gasteiger partial charge in [0.05, 0.1) is 12.2 Å². The smallest absolute Gasteiger partial charge is 0.131 e. The molecule has 0 heterocycles. The molecule has 0 spiro atoms. The first-order valence-corrected chi connectivity index (χ1v) is 5.29. The summed E-state index contributed by atoms with van der Waals surface area (Å²) < 4.78 is 31.9. The van der Waals surface area contributed by atoms with Gasteiger partial charge in [-0.15, -0.1) is 0 Å². The van der Waals surface area contributed by atoms with Gasteiger partial charge in [-0.3, -0.25) is 0 Å². The quantitative estimate of drug-likeness (QED) is 0.838. The van der Waals surface area contributed by atoms with Crippen molar-refractivity contribution in [2.45, 2.75) is 26.1 Å². The SMILES string of the molecule is CNCC(OC(C)C)c1ccc(F)cc1F. The van der Waals surface area contributed by atoms with Gasteiger partial charge in [0.15, 0.2) is 0 Å². The minimum atomic E-state index is -0.575. The van der Waals surface area contributed by atoms with Gasteiger partial charge in [-0.1, -0.05) is 6.07 Å². The number of benzene rings is 1. The van der Waals surface area contributed by atoms with Crippen LogP contribution in [0.15, 0.2) is 18.2 Å². The van der Waals surface area contributed by atoms with Gasteiger partial charge in [-0.25, -0.2) is 8.78 Å². The van der Waals surface area contributed by atoms with Gasteiger partial charge in [0.2, 0.25) is 0 Å². The molecule has 2 nitrogen and oxygen atoms in total. The Morgan fingerprint density at radius 3 is 2.50 bits per heavy atom. The lowest BCUT2D eigenvalue weighted by Gasteiger charge is -2.21. The van der Waals surface area contributed by atoms with Crippen LogP contribution in [0.2, 0.25) is 0 Å². The first kappa shape index (κ1) is 13.1. The molecule has 0 amide bonds. The fourth-order valence-corrected chi connectivity index (χ4v) is 1.51. The Labute approximate surface area is 94.6 Å². The molecule has 4 heteroatoms. The van der Waals surface area contributed by atoms with Crippen LogP contribution < -0.4 is 5.32 Å². The molecule has 0 aliphatic carbocycles. The summed E-state index contributed by atoms with van der Waals surface area (Å²) in [4.78, 5) is 0. The standard InChI is InChI=1S/C12H17F2NO/c1-8(2)16-12(7-15-3)10-5-4-9(13)6-11(10)14/h4-6,8,12,15H,7H2,1-3H3. The number of hydrogen-bond acceptors (Lipinski definition) is 2. The van der Waals surface area contributed by atoms with Gasteiger partial charge in [0.25, 0.3) is 0 Å². The molecule has 1 atom stereocenters. The molecule has 0 radical (unpaired) electrons. The zero-order valence-corrected chi connectivity index (χ0v) is 9.76. The molecular formula is C12H17F2NO. The average molecular weight is 229 g/mol. The predicted octanol–water partition coefficient (Wildman–Crippen LogP) is 2.65. The van der Waals surface area contributed by atoms with Crippen LogP contribution in [0.5, 0.6) is 0 Å². The average Bonchev–Trinajstić information content (AvgIpc) is 2.16. The van der Waals surface area contributed by atoms with Crippen molar-refractivity contribution in [2.75, 3.05) is 13.6 Å². The number of halogens is 2. The minimum Gasteiger partial charge on any atom is -0.369 e. The molecule has 0 aliphatic rings. The van der Waals surface area contributed by atoms with Crippen molar-refractivity contribution in [3.63, 3.8) is 0 Å². The molecule has 1 rings (SSSR count). The molecule has 16 heavy (non-hydrogen) atoms. The lowest BCUT2D eigenvalue weighted by atomic mass is 10.1. The van der Waals surface area contributed by atoms with E-state index in [0.29, 0.717) is 12.1 Å². The molecule has 0 aromatic heterocycles. The van der Waals surface area contributed by atoms with E-state index in [1.807, 2.05) is 13.8 Å². The van der Waals surface area contributed by atoms with Crippen molar-refractivity contribution < 1.29 is 13.5 Å². The maximum atomic E-state index is 13.5. The van der Waals surface area contributed by atoms with E-state index < -0.39 is 17.7 Å². The first-order chi connectivity index (χ1) is 7.54. The largest absolute Gasteiger partial charge is 0.369 e. The molecule has 0 saturated heterocycles. The third kappa shape index (κ3) is 3.54. The Morgan fingerprint density at radius 1 is 1.31 bits per heavy atom. The number of ether oxygens (including phenoxy) is 1. The third-order valence-electron chi connectivity index (χ3n) is 2.14. The molecule has 1 unspecified atom stereocenters. The first-order valence-electron chi connectivity index (χ1n) is 5.29. The van der Waals surface area contributed by atoms with Gasteiger partial charge in [-0.2, -0.15) is 0 Å². The van der Waals surface area contributed by atoms with E-state index in [4.69, 9.17) is 4.74 Å². The second kappa shape index (κ2) is 5.92. The van der Waals surface area contributed by atoms with E-state index in [1.54, 1.807) is 7.05 Å². The summed E-state index contributed by atoms with van der Waals surface area (Å²) in [6.07, 6.45) is -0.409. The van der Waals surface area contributed by atoms with Gasteiger partial charge >= 0.3 is 0 Å². The van der Waals surface area contributed by atoms with Crippen molar-refractivity contribution >= 4 is 0 Å². The lowest BCUT2D eigenvalue weighted by Crippen LogP contribution is -2.23. The van der Waals surface area contributed by atoms with E-state index in [9.17, 15) is 8.78 Å². The molecule has 1 N–H and O–H groups in total. The summed E-state index contributed by atoms with van der Waals surface area (Å²) in [5.74, 6) is -1.14. The molecule has 0 saturated carbocycles. The molecule has 1 aromatic rings. The molecule has 0 fully saturated rings. The van der Waals surface area contributed by atoms with E-state index in [0.717, 1.165) is 6.07 Å². The molecule has 1 aromatic carbocycles. The van der Waals surface area contributed by atoms with Crippen LogP contribution in [0.1, 0.15) is 25.5 Å². The molecule has 90 valence electrons. The van der Waals surface area contributed by atoms with Crippen LogP contribution >= 0.6 is 0 Å². The van der Waals surface area contributed by atoms with Crippen LogP contribution in [0.25, 0.3) is 0 Å². The Kier molecular flexibility index (Phi) is 4.83. The van der Waals surface area contributed by atoms with Gasteiger partial charge in [-0.05, 0) is 27.0 Å². The lowest BCUT2D eigenvalue weighted by molar-refractivity contribution is 0.00622. The highest BCUT2D eigenvalue weighted by Crippen LogP contribution is 2.22. The Bertz CT molecular complexity index is 342. The van der Waals surface area contributed by atoms with E-state index >= 15 is 0 Å². The second-order valence-corrected chi connectivity index (χ2v) is 3.90. The van der Waals surface area contributed by atoms with Crippen LogP contribution in [-0.4, -0.2) is 19.7 Å². The Hall–Kier alpha value is -1.00. The summed E-state index contributed by atoms with van der Waals surface area (Å²) in [6, 6.07) is 3.54. The number of nitrogens with one attached hydrogen (secondary N) is 1. The second-order valence-electron chi connectivity index (χ2n) is 3.90. The summed E-state index contributed by atoms with van der Waals surface area (Å²) >= 11 is 0. The topological polar surface area (TPSA) is 21.3 Å². The summed E-state index contributed by atoms with van der Waals surface area (Å²) in [5, 5.41) is 2.93. The van der Waals surface area contributed by atoms with E-state index in [1.165, 1.54) is 12.1 Å². The van der Waals surface area contributed by atoms with Gasteiger partial charge in [0, 0.05) is 18.2 Å². The van der Waals surface area contributed by atoms with Crippen molar-refractivity contribution in [1.29, 1.82) is 0 Å². The Morgan fingerprint density at radius 2 is 2.00 bits per heavy atom. The number of hydrogen-bond donors (Lipinski definition) is 1. The fourth-order valence-electron chi connectivity index (χ4n) is 1.51. The predicted molar refractivity (Wildman–Crippen MR) is 59.2 cm³/mol. The molecule has 0 bridgehead atoms. The fraction of sp³-hybridized carbons (Fsp3) is 0.500. The van der Waals surface area contributed by atoms with Crippen LogP contribution in [0.3, 0.4) is 0 Å². The van der Waals surface area contributed by atoms with Crippen molar-refractivity contribution in [3.05, 3.63) is 35.4 Å². The number of rotatable bonds is 5. The summed E-state index contributed by atoms with van der Waals surface area (Å²) in [6.45, 7) is 4.24. The van der Waals surface area contributed by atoms with Crippen LogP contribution in [0.4, 0.5) is 8.78 Å². The van der Waals surface area contributed by atoms with Crippen LogP contribution in [-0.2, 0) is 4.74 Å². The maximum Gasteiger partial charge on any atom is 0.131 e. The zero-order chi connectivity index (χ0) is 12.1. The summed E-state index contributed by atoms with van der Waals surface area (Å²) in [5.41, 5.74) is 0.379. The van der Waals surface area contributed by atoms with E-state index in [2.05, 4.69) is 5.32 Å². The minimum absolute atomic E-state index is 0.0113. The van der Waals surface area contributed by atoms with Gasteiger partial charge in [0.1, 0.15) is 11.6 Å². The monoisotopic (exact) mass is 229 g/mol. The van der Waals surface area contributed by atoms with Crippen LogP contribution in [0, 0.1) is 11.6 Å². The molecule has 0 aliphatic heterocycles. The van der Waals surface area contributed by atoms with Crippen molar-refractivity contribution in [2.24, 2.45) is 0 Å². The van der Waals surface area contributed by atoms with Gasteiger partial charge < -0.3 is 10.1 Å². The zero-order valence-electron chi connectivity index (χ0n) is 9.76. The highest BCUT2D eigenvalue weighted by molar-refractivity contribution is 5.21. The Balaban J connectivity index is 2.91. The highest BCUT2D eigenvalue weighted by atomic mass is 19.1. The maximum absolute atomic E-state index is 13.5. The summed E-state index contributed by atoms with van der Waals surface area (Å²) in [7, 11) is 1.76. The number of likely N-dealkylation sites (N-methyl/N-ethyl adjacent to an activating group) is 1. The van der Waals surface area contributed by atoms with Crippen molar-refractivity contribution in [1.82, 2.24) is 5.32 Å². The highest BCUT2D eigenvalue weighted by Gasteiger charge is 2.17. The third-order valence-corrected chi connectivity index (χ3v) is 2.14. The van der Waals surface area contributed by atoms with Crippen molar-refractivity contribution in [3.8, 4) is 0 Å². The van der Waals surface area contributed by atoms with E-state index in [-0.39, 0.29) is 6.10 Å².